The lowest BCUT2D eigenvalue weighted by atomic mass is 10.0. The van der Waals surface area contributed by atoms with Crippen LogP contribution in [0.4, 0.5) is 0 Å². The minimum absolute atomic E-state index is 0.120. The molecule has 1 fully saturated rings. The topological polar surface area (TPSA) is 76.3 Å². The number of nitrogens with zero attached hydrogens (tertiary/aromatic N) is 2. The van der Waals surface area contributed by atoms with Gasteiger partial charge in [-0.25, -0.2) is 0 Å². The molecule has 16 heavy (non-hydrogen) atoms. The third kappa shape index (κ3) is 2.09. The number of likely N-dealkylation sites (tertiary alicyclic amines) is 1. The number of nitrogens with two attached hydrogens (primary N) is 1. The van der Waals surface area contributed by atoms with Gasteiger partial charge in [0.1, 0.15) is 0 Å². The summed E-state index contributed by atoms with van der Waals surface area (Å²) in [4.78, 5) is 28.7. The van der Waals surface area contributed by atoms with Gasteiger partial charge in [-0.3, -0.25) is 19.5 Å². The van der Waals surface area contributed by atoms with Crippen molar-refractivity contribution in [3.05, 3.63) is 30.1 Å². The van der Waals surface area contributed by atoms with Gasteiger partial charge >= 0.3 is 0 Å². The second kappa shape index (κ2) is 4.40. The van der Waals surface area contributed by atoms with Gasteiger partial charge in [-0.15, -0.1) is 0 Å². The van der Waals surface area contributed by atoms with Crippen molar-refractivity contribution in [3.63, 3.8) is 0 Å². The number of amides is 2. The highest BCUT2D eigenvalue weighted by molar-refractivity contribution is 6.04. The average Bonchev–Trinajstić information content (AvgIpc) is 2.29. The number of carbonyl (C=O) groups excluding carboxylic acids is 2. The fourth-order valence-corrected chi connectivity index (χ4v) is 1.72. The first-order chi connectivity index (χ1) is 7.68. The van der Waals surface area contributed by atoms with Gasteiger partial charge in [0, 0.05) is 31.4 Å². The van der Waals surface area contributed by atoms with Crippen molar-refractivity contribution in [2.45, 2.75) is 18.9 Å². The van der Waals surface area contributed by atoms with E-state index in [0.29, 0.717) is 18.5 Å². The van der Waals surface area contributed by atoms with Gasteiger partial charge in [0.05, 0.1) is 5.56 Å². The summed E-state index contributed by atoms with van der Waals surface area (Å²) in [5, 5.41) is 0. The minimum atomic E-state index is -0.287. The first-order valence-corrected chi connectivity index (χ1v) is 5.19. The molecular weight excluding hydrogens is 206 g/mol. The van der Waals surface area contributed by atoms with Crippen LogP contribution in [0.1, 0.15) is 23.2 Å². The Labute approximate surface area is 93.3 Å². The molecular formula is C11H13N3O2. The number of hydrogen-bond acceptors (Lipinski definition) is 4. The Morgan fingerprint density at radius 2 is 2.38 bits per heavy atom. The van der Waals surface area contributed by atoms with Crippen LogP contribution in [0.25, 0.3) is 0 Å². The van der Waals surface area contributed by atoms with Crippen molar-refractivity contribution in [1.82, 2.24) is 9.88 Å². The van der Waals surface area contributed by atoms with Crippen LogP contribution >= 0.6 is 0 Å². The Kier molecular flexibility index (Phi) is 2.96. The quantitative estimate of drug-likeness (QED) is 0.683. The number of carbonyl (C=O) groups is 2. The van der Waals surface area contributed by atoms with Gasteiger partial charge in [-0.05, 0) is 18.6 Å². The van der Waals surface area contributed by atoms with E-state index < -0.39 is 0 Å². The Hall–Kier alpha value is -1.75. The molecule has 1 atom stereocenters. The summed E-state index contributed by atoms with van der Waals surface area (Å²) >= 11 is 0. The zero-order chi connectivity index (χ0) is 11.5. The lowest BCUT2D eigenvalue weighted by Crippen LogP contribution is -2.46. The molecule has 2 N–H and O–H groups in total. The van der Waals surface area contributed by atoms with E-state index in [1.54, 1.807) is 18.3 Å². The smallest absolute Gasteiger partial charge is 0.262 e. The van der Waals surface area contributed by atoms with Crippen LogP contribution in [-0.2, 0) is 4.79 Å². The van der Waals surface area contributed by atoms with E-state index >= 15 is 0 Å². The summed E-state index contributed by atoms with van der Waals surface area (Å²) in [6.07, 6.45) is 3.96. The van der Waals surface area contributed by atoms with Gasteiger partial charge in [0.2, 0.25) is 5.91 Å². The first kappa shape index (κ1) is 10.8. The molecule has 0 saturated carbocycles. The van der Waals surface area contributed by atoms with Crippen LogP contribution in [0, 0.1) is 0 Å². The number of piperidine rings is 1. The van der Waals surface area contributed by atoms with Gasteiger partial charge in [0.15, 0.2) is 0 Å². The third-order valence-corrected chi connectivity index (χ3v) is 2.61. The van der Waals surface area contributed by atoms with Crippen LogP contribution in [0.15, 0.2) is 24.5 Å². The molecule has 1 aliphatic heterocycles. The zero-order valence-corrected chi connectivity index (χ0v) is 8.80. The van der Waals surface area contributed by atoms with Crippen molar-refractivity contribution in [3.8, 4) is 0 Å². The Balaban J connectivity index is 2.14. The summed E-state index contributed by atoms with van der Waals surface area (Å²) < 4.78 is 0. The maximum atomic E-state index is 11.9. The molecule has 1 aromatic heterocycles. The molecule has 84 valence electrons. The van der Waals surface area contributed by atoms with E-state index in [-0.39, 0.29) is 24.3 Å². The third-order valence-electron chi connectivity index (χ3n) is 2.61. The largest absolute Gasteiger partial charge is 0.327 e. The number of pyridine rings is 1. The van der Waals surface area contributed by atoms with Crippen LogP contribution < -0.4 is 5.73 Å². The van der Waals surface area contributed by atoms with Crippen LogP contribution in [0.5, 0.6) is 0 Å². The predicted molar refractivity (Wildman–Crippen MR) is 57.5 cm³/mol. The van der Waals surface area contributed by atoms with Gasteiger partial charge in [0.25, 0.3) is 5.91 Å². The SMILES string of the molecule is NC1CCN(C(=O)c2cccnc2)C(=O)C1. The average molecular weight is 219 g/mol. The van der Waals surface area contributed by atoms with E-state index in [1.807, 2.05) is 0 Å². The summed E-state index contributed by atoms with van der Waals surface area (Å²) in [6, 6.07) is 3.20. The number of imide groups is 1. The van der Waals surface area contributed by atoms with E-state index in [4.69, 9.17) is 5.73 Å². The standard InChI is InChI=1S/C11H13N3O2/c12-9-3-5-14(10(15)6-9)11(16)8-2-1-4-13-7-8/h1-2,4,7,9H,3,5-6,12H2. The second-order valence-electron chi connectivity index (χ2n) is 3.85. The molecule has 0 radical (unpaired) electrons. The van der Waals surface area contributed by atoms with Crippen LogP contribution in [0.3, 0.4) is 0 Å². The number of hydrogen-bond donors (Lipinski definition) is 1. The Morgan fingerprint density at radius 1 is 1.56 bits per heavy atom. The molecule has 5 nitrogen and oxygen atoms in total. The molecule has 1 saturated heterocycles. The molecule has 2 rings (SSSR count). The molecule has 0 aromatic carbocycles. The Morgan fingerprint density at radius 3 is 3.00 bits per heavy atom. The van der Waals surface area contributed by atoms with E-state index in [9.17, 15) is 9.59 Å². The lowest BCUT2D eigenvalue weighted by molar-refractivity contribution is -0.130. The van der Waals surface area contributed by atoms with Crippen molar-refractivity contribution >= 4 is 11.8 Å². The molecule has 5 heteroatoms. The minimum Gasteiger partial charge on any atom is -0.327 e. The van der Waals surface area contributed by atoms with Crippen molar-refractivity contribution in [1.29, 1.82) is 0 Å². The highest BCUT2D eigenvalue weighted by Gasteiger charge is 2.28. The molecule has 0 spiro atoms. The van der Waals surface area contributed by atoms with Crippen LogP contribution in [-0.4, -0.2) is 34.3 Å². The van der Waals surface area contributed by atoms with Gasteiger partial charge in [-0.1, -0.05) is 0 Å². The normalized spacial score (nSPS) is 20.9. The molecule has 0 bridgehead atoms. The molecule has 0 aliphatic carbocycles. The molecule has 1 unspecified atom stereocenters. The second-order valence-corrected chi connectivity index (χ2v) is 3.85. The van der Waals surface area contributed by atoms with Crippen LogP contribution in [0.2, 0.25) is 0 Å². The molecule has 1 aliphatic rings. The summed E-state index contributed by atoms with van der Waals surface area (Å²) in [7, 11) is 0. The monoisotopic (exact) mass is 219 g/mol. The fraction of sp³-hybridized carbons (Fsp3) is 0.364. The summed E-state index contributed by atoms with van der Waals surface area (Å²) in [6.45, 7) is 0.397. The van der Waals surface area contributed by atoms with E-state index in [0.717, 1.165) is 0 Å². The summed E-state index contributed by atoms with van der Waals surface area (Å²) in [5.74, 6) is -0.488. The van der Waals surface area contributed by atoms with E-state index in [2.05, 4.69) is 4.98 Å². The molecule has 2 heterocycles. The fourth-order valence-electron chi connectivity index (χ4n) is 1.72. The zero-order valence-electron chi connectivity index (χ0n) is 8.80. The number of rotatable bonds is 1. The maximum Gasteiger partial charge on any atom is 0.262 e. The first-order valence-electron chi connectivity index (χ1n) is 5.19. The van der Waals surface area contributed by atoms with Crippen molar-refractivity contribution in [2.75, 3.05) is 6.54 Å². The van der Waals surface area contributed by atoms with Crippen molar-refractivity contribution in [2.24, 2.45) is 5.73 Å². The number of aromatic nitrogens is 1. The highest BCUT2D eigenvalue weighted by Crippen LogP contribution is 2.13. The lowest BCUT2D eigenvalue weighted by Gasteiger charge is -2.28. The maximum absolute atomic E-state index is 11.9. The predicted octanol–water partition coefficient (Wildman–Crippen LogP) is 0.171. The summed E-state index contributed by atoms with van der Waals surface area (Å²) in [5.41, 5.74) is 6.09. The Bertz CT molecular complexity index is 405. The highest BCUT2D eigenvalue weighted by atomic mass is 16.2. The van der Waals surface area contributed by atoms with Gasteiger partial charge < -0.3 is 5.73 Å². The van der Waals surface area contributed by atoms with E-state index in [1.165, 1.54) is 11.1 Å². The van der Waals surface area contributed by atoms with Gasteiger partial charge in [-0.2, -0.15) is 0 Å². The molecule has 1 aromatic rings. The molecule has 2 amide bonds. The van der Waals surface area contributed by atoms with Crippen molar-refractivity contribution < 1.29 is 9.59 Å².